The molecule has 0 heterocycles. The van der Waals surface area contributed by atoms with E-state index in [0.717, 1.165) is 0 Å². The summed E-state index contributed by atoms with van der Waals surface area (Å²) < 4.78 is 0. The standard InChI is InChI=1S/C9H8ClN3O2.ClH/c10-8-2-1-6(13(14)15)5-7(8)9(12)3-4-11;/h1-2,5,9H,3,12H2;1H/t9-;/m0./s1. The van der Waals surface area contributed by atoms with Crippen LogP contribution in [0.4, 0.5) is 5.69 Å². The second-order valence-corrected chi connectivity index (χ2v) is 3.34. The van der Waals surface area contributed by atoms with Crippen molar-refractivity contribution in [1.82, 2.24) is 0 Å². The monoisotopic (exact) mass is 261 g/mol. The van der Waals surface area contributed by atoms with Crippen LogP contribution in [0.2, 0.25) is 5.02 Å². The molecule has 16 heavy (non-hydrogen) atoms. The third-order valence-corrected chi connectivity index (χ3v) is 2.25. The zero-order chi connectivity index (χ0) is 11.4. The average molecular weight is 262 g/mol. The van der Waals surface area contributed by atoms with Gasteiger partial charge in [-0.05, 0) is 11.6 Å². The van der Waals surface area contributed by atoms with Crippen molar-refractivity contribution in [3.8, 4) is 6.07 Å². The van der Waals surface area contributed by atoms with Crippen molar-refractivity contribution in [2.24, 2.45) is 5.73 Å². The first-order valence-electron chi connectivity index (χ1n) is 4.12. The van der Waals surface area contributed by atoms with Crippen molar-refractivity contribution in [2.75, 3.05) is 0 Å². The number of hydrogen-bond acceptors (Lipinski definition) is 4. The average Bonchev–Trinajstić information content (AvgIpc) is 2.18. The molecule has 0 radical (unpaired) electrons. The molecule has 0 saturated carbocycles. The van der Waals surface area contributed by atoms with Crippen LogP contribution in [-0.4, -0.2) is 4.92 Å². The predicted octanol–water partition coefficient (Wildman–Crippen LogP) is 2.58. The number of hydrogen-bond donors (Lipinski definition) is 1. The lowest BCUT2D eigenvalue weighted by molar-refractivity contribution is -0.384. The molecule has 1 aromatic rings. The van der Waals surface area contributed by atoms with Crippen LogP contribution in [0.25, 0.3) is 0 Å². The zero-order valence-corrected chi connectivity index (χ0v) is 9.66. The Bertz CT molecular complexity index is 431. The minimum Gasteiger partial charge on any atom is -0.323 e. The molecule has 0 aromatic heterocycles. The Morgan fingerprint density at radius 1 is 1.62 bits per heavy atom. The van der Waals surface area contributed by atoms with Gasteiger partial charge in [-0.15, -0.1) is 12.4 Å². The zero-order valence-electron chi connectivity index (χ0n) is 8.09. The molecule has 5 nitrogen and oxygen atoms in total. The molecular weight excluding hydrogens is 253 g/mol. The van der Waals surface area contributed by atoms with Crippen molar-refractivity contribution in [3.05, 3.63) is 38.9 Å². The Balaban J connectivity index is 0.00000225. The molecule has 7 heteroatoms. The highest BCUT2D eigenvalue weighted by molar-refractivity contribution is 6.31. The van der Waals surface area contributed by atoms with E-state index in [1.54, 1.807) is 0 Å². The summed E-state index contributed by atoms with van der Waals surface area (Å²) in [5, 5.41) is 19.3. The fourth-order valence-electron chi connectivity index (χ4n) is 1.14. The fraction of sp³-hybridized carbons (Fsp3) is 0.222. The summed E-state index contributed by atoms with van der Waals surface area (Å²) >= 11 is 5.82. The van der Waals surface area contributed by atoms with Crippen LogP contribution in [0, 0.1) is 21.4 Å². The highest BCUT2D eigenvalue weighted by atomic mass is 35.5. The number of nitro groups is 1. The maximum Gasteiger partial charge on any atom is 0.269 e. The summed E-state index contributed by atoms with van der Waals surface area (Å²) in [5.74, 6) is 0. The third-order valence-electron chi connectivity index (χ3n) is 1.90. The van der Waals surface area contributed by atoms with E-state index in [9.17, 15) is 10.1 Å². The number of nitrogens with two attached hydrogens (primary N) is 1. The van der Waals surface area contributed by atoms with Gasteiger partial charge in [0.1, 0.15) is 0 Å². The summed E-state index contributed by atoms with van der Waals surface area (Å²) in [4.78, 5) is 9.97. The van der Waals surface area contributed by atoms with Crippen molar-refractivity contribution in [3.63, 3.8) is 0 Å². The molecule has 0 amide bonds. The quantitative estimate of drug-likeness (QED) is 0.669. The Morgan fingerprint density at radius 2 is 2.25 bits per heavy atom. The molecule has 1 rings (SSSR count). The van der Waals surface area contributed by atoms with E-state index in [2.05, 4.69) is 0 Å². The minimum absolute atomic E-state index is 0. The van der Waals surface area contributed by atoms with Gasteiger partial charge in [0.2, 0.25) is 0 Å². The lowest BCUT2D eigenvalue weighted by Crippen LogP contribution is -2.10. The third kappa shape index (κ3) is 3.35. The summed E-state index contributed by atoms with van der Waals surface area (Å²) in [6, 6.07) is 5.29. The van der Waals surface area contributed by atoms with E-state index < -0.39 is 11.0 Å². The maximum absolute atomic E-state index is 10.5. The number of non-ortho nitro benzene ring substituents is 1. The number of benzene rings is 1. The lowest BCUT2D eigenvalue weighted by Gasteiger charge is -2.09. The van der Waals surface area contributed by atoms with Gasteiger partial charge in [0.15, 0.2) is 0 Å². The van der Waals surface area contributed by atoms with Crippen molar-refractivity contribution >= 4 is 29.7 Å². The Kier molecular flexibility index (Phi) is 5.75. The summed E-state index contributed by atoms with van der Waals surface area (Å²) in [6.45, 7) is 0. The first-order chi connectivity index (χ1) is 7.06. The molecule has 1 aromatic carbocycles. The van der Waals surface area contributed by atoms with E-state index in [0.29, 0.717) is 10.6 Å². The van der Waals surface area contributed by atoms with Gasteiger partial charge in [-0.25, -0.2) is 0 Å². The van der Waals surface area contributed by atoms with Gasteiger partial charge in [0.25, 0.3) is 5.69 Å². The minimum atomic E-state index is -0.595. The second kappa shape index (κ2) is 6.28. The molecule has 0 spiro atoms. The van der Waals surface area contributed by atoms with E-state index in [4.69, 9.17) is 22.6 Å². The van der Waals surface area contributed by atoms with Crippen molar-refractivity contribution in [2.45, 2.75) is 12.5 Å². The van der Waals surface area contributed by atoms with Crippen LogP contribution in [-0.2, 0) is 0 Å². The molecule has 0 aliphatic rings. The van der Waals surface area contributed by atoms with E-state index in [1.165, 1.54) is 18.2 Å². The van der Waals surface area contributed by atoms with Crippen molar-refractivity contribution in [1.29, 1.82) is 5.26 Å². The SMILES string of the molecule is Cl.N#CC[C@H](N)c1cc([N+](=O)[O-])ccc1Cl. The van der Waals surface area contributed by atoms with Gasteiger partial charge in [-0.2, -0.15) is 5.26 Å². The number of nitriles is 1. The number of halogens is 2. The topological polar surface area (TPSA) is 93.0 Å². The van der Waals surface area contributed by atoms with Crippen LogP contribution in [0.5, 0.6) is 0 Å². The molecule has 86 valence electrons. The number of rotatable bonds is 3. The van der Waals surface area contributed by atoms with Gasteiger partial charge < -0.3 is 5.73 Å². The van der Waals surface area contributed by atoms with E-state index in [-0.39, 0.29) is 24.5 Å². The largest absolute Gasteiger partial charge is 0.323 e. The highest BCUT2D eigenvalue weighted by Gasteiger charge is 2.14. The Hall–Kier alpha value is -1.35. The molecule has 0 bridgehead atoms. The van der Waals surface area contributed by atoms with Crippen molar-refractivity contribution < 1.29 is 4.92 Å². The van der Waals surface area contributed by atoms with Gasteiger partial charge in [0.05, 0.1) is 17.4 Å². The Labute approximate surface area is 103 Å². The molecule has 0 aliphatic carbocycles. The summed E-state index contributed by atoms with van der Waals surface area (Å²) in [7, 11) is 0. The van der Waals surface area contributed by atoms with Crippen LogP contribution in [0.15, 0.2) is 18.2 Å². The fourth-order valence-corrected chi connectivity index (χ4v) is 1.39. The van der Waals surface area contributed by atoms with Crippen LogP contribution >= 0.6 is 24.0 Å². The number of nitro benzene ring substituents is 1. The van der Waals surface area contributed by atoms with Crippen LogP contribution in [0.1, 0.15) is 18.0 Å². The van der Waals surface area contributed by atoms with Crippen LogP contribution < -0.4 is 5.73 Å². The summed E-state index contributed by atoms with van der Waals surface area (Å²) in [5.41, 5.74) is 5.99. The predicted molar refractivity (Wildman–Crippen MR) is 62.5 cm³/mol. The van der Waals surface area contributed by atoms with Gasteiger partial charge in [-0.1, -0.05) is 11.6 Å². The molecular formula is C9H9Cl2N3O2. The normalized spacial score (nSPS) is 11.1. The molecule has 0 aliphatic heterocycles. The lowest BCUT2D eigenvalue weighted by atomic mass is 10.0. The van der Waals surface area contributed by atoms with Gasteiger partial charge in [0, 0.05) is 23.2 Å². The first-order valence-corrected chi connectivity index (χ1v) is 4.50. The number of nitrogens with zero attached hydrogens (tertiary/aromatic N) is 2. The van der Waals surface area contributed by atoms with E-state index >= 15 is 0 Å². The van der Waals surface area contributed by atoms with Gasteiger partial charge >= 0.3 is 0 Å². The van der Waals surface area contributed by atoms with E-state index in [1.807, 2.05) is 6.07 Å². The Morgan fingerprint density at radius 3 is 2.75 bits per heavy atom. The maximum atomic E-state index is 10.5. The van der Waals surface area contributed by atoms with Gasteiger partial charge in [-0.3, -0.25) is 10.1 Å². The highest BCUT2D eigenvalue weighted by Crippen LogP contribution is 2.27. The first kappa shape index (κ1) is 14.6. The smallest absolute Gasteiger partial charge is 0.269 e. The van der Waals surface area contributed by atoms with Crippen LogP contribution in [0.3, 0.4) is 0 Å². The summed E-state index contributed by atoms with van der Waals surface area (Å²) in [6.07, 6.45) is 0.0703. The molecule has 0 unspecified atom stereocenters. The molecule has 0 saturated heterocycles. The molecule has 0 fully saturated rings. The molecule has 2 N–H and O–H groups in total. The molecule has 1 atom stereocenters. The second-order valence-electron chi connectivity index (χ2n) is 2.93.